The van der Waals surface area contributed by atoms with Gasteiger partial charge in [0.05, 0.1) is 37.5 Å². The molecule has 1 amide bonds. The summed E-state index contributed by atoms with van der Waals surface area (Å²) in [6.07, 6.45) is 7.58. The number of nitrogens with zero attached hydrogens (tertiary/aromatic N) is 5. The highest BCUT2D eigenvalue weighted by molar-refractivity contribution is 6.03. The average Bonchev–Trinajstić information content (AvgIpc) is 3.67. The minimum absolute atomic E-state index is 0.266. The first-order valence-electron chi connectivity index (χ1n) is 10.6. The number of ether oxygens (including phenoxy) is 1. The summed E-state index contributed by atoms with van der Waals surface area (Å²) < 4.78 is 5.43. The molecule has 5 rings (SSSR count). The molecule has 1 saturated heterocycles. The summed E-state index contributed by atoms with van der Waals surface area (Å²) in [6.45, 7) is 5.01. The van der Waals surface area contributed by atoms with Crippen molar-refractivity contribution in [2.75, 3.05) is 36.5 Å². The third kappa shape index (κ3) is 4.39. The molecule has 0 bridgehead atoms. The quantitative estimate of drug-likeness (QED) is 0.683. The molecule has 0 atom stereocenters. The number of aryl methyl sites for hydroxylation is 1. The van der Waals surface area contributed by atoms with E-state index in [0.29, 0.717) is 30.5 Å². The van der Waals surface area contributed by atoms with E-state index in [4.69, 9.17) is 9.72 Å². The number of amides is 1. The van der Waals surface area contributed by atoms with Crippen LogP contribution in [0, 0.1) is 6.92 Å². The van der Waals surface area contributed by atoms with Crippen molar-refractivity contribution in [1.82, 2.24) is 20.2 Å². The molecule has 1 aliphatic carbocycles. The molecule has 3 aromatic rings. The zero-order chi connectivity index (χ0) is 21.2. The van der Waals surface area contributed by atoms with E-state index >= 15 is 0 Å². The van der Waals surface area contributed by atoms with Crippen LogP contribution in [-0.2, 0) is 4.74 Å². The van der Waals surface area contributed by atoms with Gasteiger partial charge in [0, 0.05) is 24.3 Å². The lowest BCUT2D eigenvalue weighted by Crippen LogP contribution is -2.36. The topological polar surface area (TPSA) is 93.1 Å². The molecule has 8 heteroatoms. The number of aromatic nitrogens is 4. The number of anilines is 2. The normalized spacial score (nSPS) is 16.2. The Hall–Kier alpha value is -3.39. The lowest BCUT2D eigenvalue weighted by Gasteiger charge is -2.27. The average molecular weight is 416 g/mol. The van der Waals surface area contributed by atoms with Crippen LogP contribution in [0.3, 0.4) is 0 Å². The summed E-state index contributed by atoms with van der Waals surface area (Å²) in [5.41, 5.74) is 4.86. The van der Waals surface area contributed by atoms with E-state index in [-0.39, 0.29) is 5.91 Å². The predicted octanol–water partition coefficient (Wildman–Crippen LogP) is 3.21. The van der Waals surface area contributed by atoms with Crippen molar-refractivity contribution in [3.63, 3.8) is 0 Å². The number of morpholine rings is 1. The first-order chi connectivity index (χ1) is 15.2. The minimum atomic E-state index is -0.266. The Labute approximate surface area is 180 Å². The van der Waals surface area contributed by atoms with E-state index in [2.05, 4.69) is 25.4 Å². The van der Waals surface area contributed by atoms with Crippen LogP contribution in [0.4, 0.5) is 11.5 Å². The fraction of sp³-hybridized carbons (Fsp3) is 0.348. The van der Waals surface area contributed by atoms with Gasteiger partial charge in [-0.3, -0.25) is 9.78 Å². The zero-order valence-electron chi connectivity index (χ0n) is 17.4. The third-order valence-electron chi connectivity index (χ3n) is 5.69. The number of hydrogen-bond donors (Lipinski definition) is 1. The van der Waals surface area contributed by atoms with Crippen molar-refractivity contribution >= 4 is 17.4 Å². The fourth-order valence-electron chi connectivity index (χ4n) is 3.73. The molecular formula is C23H24N6O2. The maximum atomic E-state index is 12.7. The van der Waals surface area contributed by atoms with Crippen LogP contribution in [0.2, 0.25) is 0 Å². The van der Waals surface area contributed by atoms with Crippen LogP contribution < -0.4 is 10.2 Å². The summed E-state index contributed by atoms with van der Waals surface area (Å²) >= 11 is 0. The summed E-state index contributed by atoms with van der Waals surface area (Å²) in [6, 6.07) is 7.62. The van der Waals surface area contributed by atoms with Crippen molar-refractivity contribution in [3.8, 4) is 11.3 Å². The van der Waals surface area contributed by atoms with Gasteiger partial charge in [0.15, 0.2) is 5.69 Å². The fourth-order valence-corrected chi connectivity index (χ4v) is 3.73. The monoisotopic (exact) mass is 416 g/mol. The molecule has 2 aromatic heterocycles. The van der Waals surface area contributed by atoms with Gasteiger partial charge in [-0.2, -0.15) is 5.10 Å². The second kappa shape index (κ2) is 8.39. The van der Waals surface area contributed by atoms with E-state index in [1.165, 1.54) is 0 Å². The summed E-state index contributed by atoms with van der Waals surface area (Å²) in [5.74, 6) is 1.09. The van der Waals surface area contributed by atoms with Crippen molar-refractivity contribution in [2.45, 2.75) is 25.7 Å². The Bertz CT molecular complexity index is 1110. The number of carbonyl (C=O) groups is 1. The van der Waals surface area contributed by atoms with Gasteiger partial charge < -0.3 is 15.0 Å². The Morgan fingerprint density at radius 3 is 2.77 bits per heavy atom. The zero-order valence-corrected chi connectivity index (χ0v) is 17.4. The van der Waals surface area contributed by atoms with E-state index in [1.807, 2.05) is 31.2 Å². The van der Waals surface area contributed by atoms with Gasteiger partial charge >= 0.3 is 0 Å². The lowest BCUT2D eigenvalue weighted by molar-refractivity contribution is 0.102. The molecule has 0 spiro atoms. The molecular weight excluding hydrogens is 392 g/mol. The first kappa shape index (κ1) is 19.6. The van der Waals surface area contributed by atoms with Crippen LogP contribution >= 0.6 is 0 Å². The second-order valence-corrected chi connectivity index (χ2v) is 7.99. The van der Waals surface area contributed by atoms with Crippen LogP contribution in [0.1, 0.15) is 40.4 Å². The van der Waals surface area contributed by atoms with Gasteiger partial charge in [0.1, 0.15) is 5.82 Å². The Kier molecular flexibility index (Phi) is 5.30. The number of carbonyl (C=O) groups excluding carboxylic acids is 1. The van der Waals surface area contributed by atoms with Gasteiger partial charge in [-0.15, -0.1) is 5.10 Å². The van der Waals surface area contributed by atoms with Crippen molar-refractivity contribution < 1.29 is 9.53 Å². The van der Waals surface area contributed by atoms with Gasteiger partial charge in [-0.05, 0) is 55.0 Å². The van der Waals surface area contributed by atoms with E-state index in [1.54, 1.807) is 18.6 Å². The molecule has 158 valence electrons. The van der Waals surface area contributed by atoms with Crippen LogP contribution in [0.25, 0.3) is 11.3 Å². The molecule has 1 aromatic carbocycles. The second-order valence-electron chi connectivity index (χ2n) is 7.99. The molecule has 8 nitrogen and oxygen atoms in total. The highest BCUT2D eigenvalue weighted by Crippen LogP contribution is 2.39. The molecule has 0 radical (unpaired) electrons. The number of hydrogen-bond acceptors (Lipinski definition) is 7. The largest absolute Gasteiger partial charge is 0.378 e. The maximum Gasteiger partial charge on any atom is 0.276 e. The van der Waals surface area contributed by atoms with E-state index in [0.717, 1.165) is 54.1 Å². The van der Waals surface area contributed by atoms with Crippen LogP contribution in [0.15, 0.2) is 42.9 Å². The van der Waals surface area contributed by atoms with Gasteiger partial charge in [0.25, 0.3) is 5.91 Å². The predicted molar refractivity (Wildman–Crippen MR) is 117 cm³/mol. The Morgan fingerprint density at radius 2 is 1.97 bits per heavy atom. The molecule has 1 aliphatic heterocycles. The maximum absolute atomic E-state index is 12.7. The van der Waals surface area contributed by atoms with Gasteiger partial charge in [0.2, 0.25) is 0 Å². The van der Waals surface area contributed by atoms with Crippen molar-refractivity contribution in [3.05, 3.63) is 59.7 Å². The minimum Gasteiger partial charge on any atom is -0.378 e. The van der Waals surface area contributed by atoms with Gasteiger partial charge in [-0.1, -0.05) is 6.07 Å². The summed E-state index contributed by atoms with van der Waals surface area (Å²) in [7, 11) is 0. The van der Waals surface area contributed by atoms with Crippen LogP contribution in [-0.4, -0.2) is 52.4 Å². The first-order valence-corrected chi connectivity index (χ1v) is 10.6. The van der Waals surface area contributed by atoms with Crippen molar-refractivity contribution in [1.29, 1.82) is 0 Å². The highest BCUT2D eigenvalue weighted by Gasteiger charge is 2.25. The summed E-state index contributed by atoms with van der Waals surface area (Å²) in [4.78, 5) is 24.1. The van der Waals surface area contributed by atoms with Crippen LogP contribution in [0.5, 0.6) is 0 Å². The Balaban J connectivity index is 1.38. The Morgan fingerprint density at radius 1 is 1.13 bits per heavy atom. The van der Waals surface area contributed by atoms with Crippen molar-refractivity contribution in [2.24, 2.45) is 0 Å². The number of benzene rings is 1. The molecule has 2 fully saturated rings. The molecule has 1 saturated carbocycles. The number of rotatable bonds is 5. The SMILES string of the molecule is Cc1ccc(NC(=O)c2cc(C3CC3)cnn2)cc1-c1cncc(N2CCOCC2)n1. The standard InChI is InChI=1S/C23H24N6O2/c1-15-2-5-18(26-23(30)20-10-17(12-25-28-20)16-3-4-16)11-19(15)21-13-24-14-22(27-21)29-6-8-31-9-7-29/h2,5,10-14,16H,3-4,6-9H2,1H3,(H,26,30). The van der Waals surface area contributed by atoms with E-state index < -0.39 is 0 Å². The molecule has 2 aliphatic rings. The highest BCUT2D eigenvalue weighted by atomic mass is 16.5. The molecule has 1 N–H and O–H groups in total. The van der Waals surface area contributed by atoms with Gasteiger partial charge in [-0.25, -0.2) is 4.98 Å². The molecule has 31 heavy (non-hydrogen) atoms. The molecule has 0 unspecified atom stereocenters. The third-order valence-corrected chi connectivity index (χ3v) is 5.69. The number of nitrogens with one attached hydrogen (secondary N) is 1. The smallest absolute Gasteiger partial charge is 0.276 e. The van der Waals surface area contributed by atoms with E-state index in [9.17, 15) is 4.79 Å². The summed E-state index contributed by atoms with van der Waals surface area (Å²) in [5, 5.41) is 10.9. The lowest BCUT2D eigenvalue weighted by atomic mass is 10.0. The molecule has 3 heterocycles.